The van der Waals surface area contributed by atoms with Crippen LogP contribution in [0.4, 0.5) is 19.0 Å². The minimum atomic E-state index is -2.97. The molecule has 0 radical (unpaired) electrons. The Morgan fingerprint density at radius 2 is 1.89 bits per heavy atom. The van der Waals surface area contributed by atoms with Crippen LogP contribution in [0.15, 0.2) is 18.2 Å². The third-order valence-electron chi connectivity index (χ3n) is 6.48. The molecule has 188 valence electrons. The molecule has 12 heteroatoms. The fraction of sp³-hybridized carbons (Fsp3) is 0.478. The van der Waals surface area contributed by atoms with Gasteiger partial charge in [-0.2, -0.15) is 0 Å². The van der Waals surface area contributed by atoms with Gasteiger partial charge >= 0.3 is 0 Å². The number of hydrogen-bond acceptors (Lipinski definition) is 7. The Morgan fingerprint density at radius 1 is 1.20 bits per heavy atom. The molecule has 4 rings (SSSR count). The van der Waals surface area contributed by atoms with Crippen LogP contribution in [-0.2, 0) is 27.4 Å². The van der Waals surface area contributed by atoms with Crippen molar-refractivity contribution >= 4 is 17.6 Å². The summed E-state index contributed by atoms with van der Waals surface area (Å²) in [5.41, 5.74) is 4.61. The second-order valence-corrected chi connectivity index (χ2v) is 8.57. The molecule has 2 amide bonds. The molecule has 3 heterocycles. The Hall–Kier alpha value is -3.25. The number of rotatable bonds is 7. The third kappa shape index (κ3) is 4.67. The number of carbonyl (C=O) groups excluding carboxylic acids is 2. The normalized spacial score (nSPS) is 17.8. The van der Waals surface area contributed by atoms with Crippen molar-refractivity contribution in [2.24, 2.45) is 5.73 Å². The molecule has 35 heavy (non-hydrogen) atoms. The maximum Gasteiger partial charge on any atom is 0.286 e. The molecule has 9 nitrogen and oxygen atoms in total. The molecular weight excluding hydrogens is 467 g/mol. The van der Waals surface area contributed by atoms with Crippen molar-refractivity contribution in [3.8, 4) is 0 Å². The summed E-state index contributed by atoms with van der Waals surface area (Å²) in [5.74, 6) is -2.25. The van der Waals surface area contributed by atoms with Gasteiger partial charge < -0.3 is 25.4 Å². The average molecular weight is 493 g/mol. The number of halogens is 3. The van der Waals surface area contributed by atoms with Gasteiger partial charge in [-0.05, 0) is 6.92 Å². The average Bonchev–Trinajstić information content (AvgIpc) is 3.28. The van der Waals surface area contributed by atoms with Crippen molar-refractivity contribution in [2.45, 2.75) is 50.9 Å². The van der Waals surface area contributed by atoms with Crippen LogP contribution < -0.4 is 11.1 Å². The highest BCUT2D eigenvalue weighted by Crippen LogP contribution is 2.35. The third-order valence-corrected chi connectivity index (χ3v) is 6.48. The number of fused-ring (bicyclic) bond motifs is 1. The first-order chi connectivity index (χ1) is 16.7. The molecule has 1 aromatic carbocycles. The lowest BCUT2D eigenvalue weighted by Gasteiger charge is -2.37. The molecular formula is C23H26F3N5O4. The Kier molecular flexibility index (Phi) is 6.95. The molecule has 1 fully saturated rings. The predicted octanol–water partition coefficient (Wildman–Crippen LogP) is 2.86. The number of aromatic nitrogens is 2. The molecule has 0 unspecified atom stereocenters. The molecule has 0 spiro atoms. The maximum atomic E-state index is 14.7. The van der Waals surface area contributed by atoms with E-state index in [0.29, 0.717) is 37.3 Å². The van der Waals surface area contributed by atoms with Gasteiger partial charge in [0, 0.05) is 44.3 Å². The molecule has 3 N–H and O–H groups in total. The quantitative estimate of drug-likeness (QED) is 0.609. The number of amides is 2. The van der Waals surface area contributed by atoms with Crippen molar-refractivity contribution < 1.29 is 32.2 Å². The van der Waals surface area contributed by atoms with Crippen LogP contribution in [0.3, 0.4) is 0 Å². The van der Waals surface area contributed by atoms with E-state index in [1.165, 1.54) is 19.2 Å². The van der Waals surface area contributed by atoms with Gasteiger partial charge in [0.05, 0.1) is 30.4 Å². The number of nitrogens with zero attached hydrogens (tertiary/aromatic N) is 3. The first-order valence-corrected chi connectivity index (χ1v) is 11.1. The van der Waals surface area contributed by atoms with Gasteiger partial charge in [-0.1, -0.05) is 18.2 Å². The maximum absolute atomic E-state index is 14.7. The summed E-state index contributed by atoms with van der Waals surface area (Å²) in [6.45, 7) is 2.57. The van der Waals surface area contributed by atoms with E-state index < -0.39 is 35.4 Å². The fourth-order valence-electron chi connectivity index (χ4n) is 4.48. The second kappa shape index (κ2) is 9.78. The summed E-state index contributed by atoms with van der Waals surface area (Å²) in [5, 5.41) is 2.99. The summed E-state index contributed by atoms with van der Waals surface area (Å²) >= 11 is 0. The second-order valence-electron chi connectivity index (χ2n) is 8.57. The van der Waals surface area contributed by atoms with Gasteiger partial charge in [0.25, 0.3) is 18.2 Å². The van der Waals surface area contributed by atoms with E-state index in [-0.39, 0.29) is 36.2 Å². The minimum Gasteiger partial charge on any atom is -0.381 e. The van der Waals surface area contributed by atoms with Gasteiger partial charge in [-0.25, -0.2) is 23.1 Å². The Balaban J connectivity index is 1.64. The van der Waals surface area contributed by atoms with Crippen molar-refractivity contribution in [3.63, 3.8) is 0 Å². The van der Waals surface area contributed by atoms with Crippen LogP contribution in [-0.4, -0.2) is 52.6 Å². The first-order valence-electron chi connectivity index (χ1n) is 11.1. The Morgan fingerprint density at radius 3 is 2.51 bits per heavy atom. The van der Waals surface area contributed by atoms with E-state index in [9.17, 15) is 22.8 Å². The SMILES string of the molecule is COC1(C(=O)N2Cc3nc(C(N)=O)nc(N[C@H](C)c4cccc(C(F)F)c4F)c3C2)CCOCC1. The van der Waals surface area contributed by atoms with Crippen LogP contribution in [0, 0.1) is 5.82 Å². The smallest absolute Gasteiger partial charge is 0.286 e. The minimum absolute atomic E-state index is 0.00209. The predicted molar refractivity (Wildman–Crippen MR) is 118 cm³/mol. The number of nitrogens with one attached hydrogen (secondary N) is 1. The highest BCUT2D eigenvalue weighted by molar-refractivity contribution is 5.90. The van der Waals surface area contributed by atoms with Crippen LogP contribution in [0.5, 0.6) is 0 Å². The highest BCUT2D eigenvalue weighted by atomic mass is 19.3. The molecule has 0 bridgehead atoms. The lowest BCUT2D eigenvalue weighted by molar-refractivity contribution is -0.167. The Bertz CT molecular complexity index is 1140. The summed E-state index contributed by atoms with van der Waals surface area (Å²) in [6, 6.07) is 2.96. The molecule has 1 atom stereocenters. The number of primary amides is 1. The number of hydrogen-bond donors (Lipinski definition) is 2. The summed E-state index contributed by atoms with van der Waals surface area (Å²) in [4.78, 5) is 35.2. The van der Waals surface area contributed by atoms with Crippen molar-refractivity contribution in [3.05, 3.63) is 52.2 Å². The van der Waals surface area contributed by atoms with Gasteiger partial charge in [0.15, 0.2) is 5.60 Å². The number of anilines is 1. The zero-order valence-corrected chi connectivity index (χ0v) is 19.3. The van der Waals surface area contributed by atoms with E-state index in [1.54, 1.807) is 11.8 Å². The van der Waals surface area contributed by atoms with Gasteiger partial charge in [-0.15, -0.1) is 0 Å². The number of carbonyl (C=O) groups is 2. The molecule has 1 aromatic heterocycles. The largest absolute Gasteiger partial charge is 0.381 e. The number of nitrogens with two attached hydrogens (primary N) is 1. The van der Waals surface area contributed by atoms with Crippen LogP contribution in [0.2, 0.25) is 0 Å². The lowest BCUT2D eigenvalue weighted by Crippen LogP contribution is -2.51. The molecule has 0 aliphatic carbocycles. The monoisotopic (exact) mass is 493 g/mol. The van der Waals surface area contributed by atoms with Crippen molar-refractivity contribution in [2.75, 3.05) is 25.6 Å². The highest BCUT2D eigenvalue weighted by Gasteiger charge is 2.45. The molecule has 0 saturated carbocycles. The summed E-state index contributed by atoms with van der Waals surface area (Å²) in [6.07, 6.45) is -2.17. The van der Waals surface area contributed by atoms with Crippen molar-refractivity contribution in [1.82, 2.24) is 14.9 Å². The Labute approximate surface area is 199 Å². The summed E-state index contributed by atoms with van der Waals surface area (Å²) < 4.78 is 52.0. The fourth-order valence-corrected chi connectivity index (χ4v) is 4.48. The van der Waals surface area contributed by atoms with Gasteiger partial charge in [-0.3, -0.25) is 9.59 Å². The van der Waals surface area contributed by atoms with E-state index in [4.69, 9.17) is 15.2 Å². The molecule has 1 saturated heterocycles. The molecule has 2 aromatic rings. The van der Waals surface area contributed by atoms with E-state index in [1.807, 2.05) is 0 Å². The topological polar surface area (TPSA) is 120 Å². The van der Waals surface area contributed by atoms with Gasteiger partial charge in [0.2, 0.25) is 5.82 Å². The first kappa shape index (κ1) is 24.9. The van der Waals surface area contributed by atoms with E-state index >= 15 is 0 Å². The van der Waals surface area contributed by atoms with Crippen LogP contribution >= 0.6 is 0 Å². The van der Waals surface area contributed by atoms with Crippen LogP contribution in [0.1, 0.15) is 65.2 Å². The lowest BCUT2D eigenvalue weighted by atomic mass is 9.92. The van der Waals surface area contributed by atoms with E-state index in [0.717, 1.165) is 6.07 Å². The number of methoxy groups -OCH3 is 1. The molecule has 2 aliphatic heterocycles. The number of ether oxygens (including phenoxy) is 2. The van der Waals surface area contributed by atoms with Crippen LogP contribution in [0.25, 0.3) is 0 Å². The van der Waals surface area contributed by atoms with Crippen molar-refractivity contribution in [1.29, 1.82) is 0 Å². The number of alkyl halides is 2. The molecule has 2 aliphatic rings. The zero-order valence-electron chi connectivity index (χ0n) is 19.3. The van der Waals surface area contributed by atoms with Gasteiger partial charge in [0.1, 0.15) is 11.6 Å². The standard InChI is InChI=1S/C23H26F3N5O4/c1-12(13-4-3-5-14(17(13)24)18(25)26)28-20-15-10-31(11-16(15)29-21(30-20)19(27)32)22(33)23(34-2)6-8-35-9-7-23/h3-5,12,18H,6-11H2,1-2H3,(H2,27,32)(H,28,29,30)/t12-/m1/s1. The summed E-state index contributed by atoms with van der Waals surface area (Å²) in [7, 11) is 1.48. The number of benzene rings is 1. The zero-order chi connectivity index (χ0) is 25.3. The van der Waals surface area contributed by atoms with E-state index in [2.05, 4.69) is 15.3 Å².